The maximum atomic E-state index is 10.7. The normalized spacial score (nSPS) is 10.3. The molecule has 1 aromatic carbocycles. The average molecular weight is 247 g/mol. The van der Waals surface area contributed by atoms with Crippen LogP contribution in [0.25, 0.3) is 0 Å². The summed E-state index contributed by atoms with van der Waals surface area (Å²) in [6, 6.07) is 7.54. The molecule has 0 radical (unpaired) electrons. The lowest BCUT2D eigenvalue weighted by atomic mass is 10.2. The van der Waals surface area contributed by atoms with Gasteiger partial charge in [0.1, 0.15) is 5.75 Å². The van der Waals surface area contributed by atoms with Gasteiger partial charge in [0.25, 0.3) is 0 Å². The number of nitrogens with two attached hydrogens (primary N) is 1. The van der Waals surface area contributed by atoms with Crippen LogP contribution in [-0.4, -0.2) is 33.2 Å². The van der Waals surface area contributed by atoms with Crippen LogP contribution in [0.5, 0.6) is 5.75 Å². The van der Waals surface area contributed by atoms with Crippen molar-refractivity contribution in [2.24, 2.45) is 5.73 Å². The molecule has 94 valence electrons. The van der Waals surface area contributed by atoms with E-state index < -0.39 is 5.91 Å². The molecule has 0 aliphatic carbocycles. The van der Waals surface area contributed by atoms with Crippen LogP contribution in [0.2, 0.25) is 0 Å². The van der Waals surface area contributed by atoms with Crippen LogP contribution in [0.15, 0.2) is 24.3 Å². The second kappa shape index (κ2) is 5.26. The second-order valence-corrected chi connectivity index (χ2v) is 3.73. The Morgan fingerprint density at radius 3 is 2.72 bits per heavy atom. The van der Waals surface area contributed by atoms with Crippen molar-refractivity contribution in [1.82, 2.24) is 20.2 Å². The van der Waals surface area contributed by atoms with Gasteiger partial charge in [-0.15, -0.1) is 10.2 Å². The Bertz CT molecular complexity index is 535. The second-order valence-electron chi connectivity index (χ2n) is 3.73. The first-order valence-electron chi connectivity index (χ1n) is 5.35. The van der Waals surface area contributed by atoms with Crippen molar-refractivity contribution in [3.63, 3.8) is 0 Å². The van der Waals surface area contributed by atoms with Crippen LogP contribution in [-0.2, 0) is 17.8 Å². The first-order chi connectivity index (χ1) is 8.67. The molecule has 2 N–H and O–H groups in total. The molecule has 2 rings (SSSR count). The summed E-state index contributed by atoms with van der Waals surface area (Å²) >= 11 is 0. The van der Waals surface area contributed by atoms with E-state index in [9.17, 15) is 4.79 Å². The monoisotopic (exact) mass is 247 g/mol. The SMILES string of the molecule is COc1ccc(Cn2nnc(CC(N)=O)n2)cc1. The highest BCUT2D eigenvalue weighted by Gasteiger charge is 2.06. The zero-order valence-electron chi connectivity index (χ0n) is 9.91. The lowest BCUT2D eigenvalue weighted by molar-refractivity contribution is -0.117. The van der Waals surface area contributed by atoms with E-state index in [2.05, 4.69) is 15.4 Å². The third kappa shape index (κ3) is 3.03. The maximum Gasteiger partial charge on any atom is 0.225 e. The summed E-state index contributed by atoms with van der Waals surface area (Å²) < 4.78 is 5.07. The van der Waals surface area contributed by atoms with Gasteiger partial charge in [0.15, 0.2) is 5.82 Å². The topological polar surface area (TPSA) is 95.9 Å². The van der Waals surface area contributed by atoms with Crippen LogP contribution in [0, 0.1) is 0 Å². The third-order valence-electron chi connectivity index (χ3n) is 2.31. The van der Waals surface area contributed by atoms with Crippen molar-refractivity contribution >= 4 is 5.91 Å². The fourth-order valence-corrected chi connectivity index (χ4v) is 1.46. The van der Waals surface area contributed by atoms with Gasteiger partial charge in [-0.1, -0.05) is 12.1 Å². The number of rotatable bonds is 5. The Labute approximate surface area is 104 Å². The highest BCUT2D eigenvalue weighted by molar-refractivity contribution is 5.75. The number of carbonyl (C=O) groups is 1. The van der Waals surface area contributed by atoms with Crippen molar-refractivity contribution in [3.05, 3.63) is 35.7 Å². The van der Waals surface area contributed by atoms with E-state index in [4.69, 9.17) is 10.5 Å². The van der Waals surface area contributed by atoms with E-state index in [-0.39, 0.29) is 6.42 Å². The van der Waals surface area contributed by atoms with Crippen molar-refractivity contribution in [2.75, 3.05) is 7.11 Å². The predicted molar refractivity (Wildman–Crippen MR) is 62.8 cm³/mol. The van der Waals surface area contributed by atoms with Gasteiger partial charge >= 0.3 is 0 Å². The van der Waals surface area contributed by atoms with Gasteiger partial charge in [0.2, 0.25) is 5.91 Å². The molecule has 0 aliphatic heterocycles. The molecular formula is C11H13N5O2. The number of benzene rings is 1. The number of hydrogen-bond acceptors (Lipinski definition) is 5. The molecule has 0 atom stereocenters. The number of nitrogens with zero attached hydrogens (tertiary/aromatic N) is 4. The molecule has 7 heteroatoms. The fraction of sp³-hybridized carbons (Fsp3) is 0.273. The van der Waals surface area contributed by atoms with Crippen molar-refractivity contribution in [1.29, 1.82) is 0 Å². The Morgan fingerprint density at radius 1 is 1.39 bits per heavy atom. The van der Waals surface area contributed by atoms with E-state index >= 15 is 0 Å². The number of methoxy groups -OCH3 is 1. The molecule has 0 aliphatic rings. The number of hydrogen-bond donors (Lipinski definition) is 1. The molecule has 0 bridgehead atoms. The molecular weight excluding hydrogens is 234 g/mol. The van der Waals surface area contributed by atoms with Crippen LogP contribution < -0.4 is 10.5 Å². The van der Waals surface area contributed by atoms with Crippen LogP contribution in [0.3, 0.4) is 0 Å². The van der Waals surface area contributed by atoms with Gasteiger partial charge in [-0.3, -0.25) is 4.79 Å². The summed E-state index contributed by atoms with van der Waals surface area (Å²) in [6.45, 7) is 0.482. The fourth-order valence-electron chi connectivity index (χ4n) is 1.46. The summed E-state index contributed by atoms with van der Waals surface area (Å²) in [7, 11) is 1.62. The van der Waals surface area contributed by atoms with Gasteiger partial charge < -0.3 is 10.5 Å². The number of amides is 1. The maximum absolute atomic E-state index is 10.7. The lowest BCUT2D eigenvalue weighted by Gasteiger charge is -2.02. The van der Waals surface area contributed by atoms with E-state index in [1.165, 1.54) is 4.80 Å². The Balaban J connectivity index is 2.03. The number of aromatic nitrogens is 4. The van der Waals surface area contributed by atoms with Gasteiger partial charge in [-0.2, -0.15) is 4.80 Å². The van der Waals surface area contributed by atoms with E-state index in [0.717, 1.165) is 11.3 Å². The van der Waals surface area contributed by atoms with Crippen LogP contribution >= 0.6 is 0 Å². The predicted octanol–water partition coefficient (Wildman–Crippen LogP) is -0.242. The minimum atomic E-state index is -0.473. The largest absolute Gasteiger partial charge is 0.497 e. The number of ether oxygens (including phenoxy) is 1. The molecule has 0 unspecified atom stereocenters. The smallest absolute Gasteiger partial charge is 0.225 e. The van der Waals surface area contributed by atoms with Crippen LogP contribution in [0.1, 0.15) is 11.4 Å². The third-order valence-corrected chi connectivity index (χ3v) is 2.31. The van der Waals surface area contributed by atoms with Gasteiger partial charge in [-0.05, 0) is 22.9 Å². The summed E-state index contributed by atoms with van der Waals surface area (Å²) in [5.41, 5.74) is 6.06. The molecule has 0 saturated carbocycles. The molecule has 18 heavy (non-hydrogen) atoms. The minimum Gasteiger partial charge on any atom is -0.497 e. The summed E-state index contributed by atoms with van der Waals surface area (Å²) in [6.07, 6.45) is 0.00259. The summed E-state index contributed by atoms with van der Waals surface area (Å²) in [5.74, 6) is 0.648. The van der Waals surface area contributed by atoms with Gasteiger partial charge in [0, 0.05) is 0 Å². The van der Waals surface area contributed by atoms with Crippen molar-refractivity contribution in [2.45, 2.75) is 13.0 Å². The molecule has 7 nitrogen and oxygen atoms in total. The Hall–Kier alpha value is -2.44. The molecule has 1 aromatic heterocycles. The first kappa shape index (κ1) is 12.0. The number of primary amides is 1. The van der Waals surface area contributed by atoms with Crippen molar-refractivity contribution < 1.29 is 9.53 Å². The molecule has 0 spiro atoms. The lowest BCUT2D eigenvalue weighted by Crippen LogP contribution is -2.15. The number of tetrazole rings is 1. The minimum absolute atomic E-state index is 0.00259. The van der Waals surface area contributed by atoms with Crippen LogP contribution in [0.4, 0.5) is 0 Å². The molecule has 0 fully saturated rings. The van der Waals surface area contributed by atoms with Gasteiger partial charge in [-0.25, -0.2) is 0 Å². The van der Waals surface area contributed by atoms with Crippen molar-refractivity contribution in [3.8, 4) is 5.75 Å². The summed E-state index contributed by atoms with van der Waals surface area (Å²) in [4.78, 5) is 12.1. The molecule has 0 saturated heterocycles. The molecule has 2 aromatic rings. The first-order valence-corrected chi connectivity index (χ1v) is 5.35. The van der Waals surface area contributed by atoms with E-state index in [1.54, 1.807) is 7.11 Å². The zero-order valence-corrected chi connectivity index (χ0v) is 9.91. The Morgan fingerprint density at radius 2 is 2.11 bits per heavy atom. The molecule has 1 amide bonds. The van der Waals surface area contributed by atoms with E-state index in [0.29, 0.717) is 12.4 Å². The Kier molecular flexibility index (Phi) is 3.52. The number of carbonyl (C=O) groups excluding carboxylic acids is 1. The zero-order chi connectivity index (χ0) is 13.0. The van der Waals surface area contributed by atoms with Gasteiger partial charge in [0.05, 0.1) is 20.1 Å². The highest BCUT2D eigenvalue weighted by Crippen LogP contribution is 2.11. The quantitative estimate of drug-likeness (QED) is 0.786. The highest BCUT2D eigenvalue weighted by atomic mass is 16.5. The standard InChI is InChI=1S/C11H13N5O2/c1-18-9-4-2-8(3-5-9)7-16-14-11(13-15-16)6-10(12)17/h2-5H,6-7H2,1H3,(H2,12,17). The average Bonchev–Trinajstić information content (AvgIpc) is 2.76. The molecule has 1 heterocycles. The van der Waals surface area contributed by atoms with E-state index in [1.807, 2.05) is 24.3 Å². The summed E-state index contributed by atoms with van der Waals surface area (Å²) in [5, 5.41) is 11.6.